The summed E-state index contributed by atoms with van der Waals surface area (Å²) in [6, 6.07) is 10.4. The Kier molecular flexibility index (Phi) is 5.55. The van der Waals surface area contributed by atoms with Crippen molar-refractivity contribution in [1.29, 1.82) is 10.5 Å². The van der Waals surface area contributed by atoms with Crippen molar-refractivity contribution in [2.24, 2.45) is 0 Å². The number of halogens is 3. The molecule has 0 fully saturated rings. The van der Waals surface area contributed by atoms with Gasteiger partial charge in [0.05, 0.1) is 5.03 Å². The van der Waals surface area contributed by atoms with Crippen LogP contribution in [0.3, 0.4) is 0 Å². The van der Waals surface area contributed by atoms with Gasteiger partial charge in [0.1, 0.15) is 22.2 Å². The third kappa shape index (κ3) is 3.98. The molecule has 3 nitrogen and oxygen atoms in total. The molecule has 0 unspecified atom stereocenters. The minimum Gasteiger partial charge on any atom is -0.360 e. The van der Waals surface area contributed by atoms with Gasteiger partial charge < -0.3 is 5.32 Å². The van der Waals surface area contributed by atoms with E-state index in [4.69, 9.17) is 45.3 Å². The van der Waals surface area contributed by atoms with Gasteiger partial charge in [-0.2, -0.15) is 10.5 Å². The summed E-state index contributed by atoms with van der Waals surface area (Å²) in [5.74, 6) is 0. The first-order valence-electron chi connectivity index (χ1n) is 4.66. The summed E-state index contributed by atoms with van der Waals surface area (Å²) in [6.07, 6.45) is 1.30. The van der Waals surface area contributed by atoms with Gasteiger partial charge in [-0.1, -0.05) is 46.9 Å². The van der Waals surface area contributed by atoms with Crippen LogP contribution in [0.25, 0.3) is 5.03 Å². The number of hydrogen-bond acceptors (Lipinski definition) is 3. The van der Waals surface area contributed by atoms with Crippen molar-refractivity contribution in [3.8, 4) is 12.1 Å². The van der Waals surface area contributed by atoms with E-state index in [0.717, 1.165) is 0 Å². The van der Waals surface area contributed by atoms with Crippen LogP contribution in [-0.2, 0) is 0 Å². The summed E-state index contributed by atoms with van der Waals surface area (Å²) >= 11 is 17.1. The molecule has 0 bridgehead atoms. The number of hydrogen-bond donors (Lipinski definition) is 1. The molecule has 0 spiro atoms. The maximum absolute atomic E-state index is 8.58. The van der Waals surface area contributed by atoms with Crippen LogP contribution in [0.15, 0.2) is 40.5 Å². The van der Waals surface area contributed by atoms with Gasteiger partial charge in [-0.05, 0) is 17.7 Å². The Morgan fingerprint density at radius 1 is 1.17 bits per heavy atom. The molecule has 0 aliphatic rings. The lowest BCUT2D eigenvalue weighted by Crippen LogP contribution is -1.90. The lowest BCUT2D eigenvalue weighted by Gasteiger charge is -2.04. The Hall–Kier alpha value is -1.65. The summed E-state index contributed by atoms with van der Waals surface area (Å²) in [7, 11) is 0. The number of nitrogens with zero attached hydrogens (tertiary/aromatic N) is 2. The van der Waals surface area contributed by atoms with Gasteiger partial charge in [-0.15, -0.1) is 0 Å². The van der Waals surface area contributed by atoms with Crippen LogP contribution in [0.1, 0.15) is 5.56 Å². The Morgan fingerprint density at radius 2 is 1.83 bits per heavy atom. The molecule has 18 heavy (non-hydrogen) atoms. The predicted octanol–water partition coefficient (Wildman–Crippen LogP) is 4.37. The summed E-state index contributed by atoms with van der Waals surface area (Å²) < 4.78 is -0.0286. The van der Waals surface area contributed by atoms with Crippen LogP contribution in [0, 0.1) is 22.7 Å². The van der Waals surface area contributed by atoms with Crippen molar-refractivity contribution in [2.75, 3.05) is 5.32 Å². The second-order valence-electron chi connectivity index (χ2n) is 3.08. The molecule has 0 amide bonds. The van der Waals surface area contributed by atoms with E-state index in [1.54, 1.807) is 36.4 Å². The first kappa shape index (κ1) is 14.4. The molecule has 1 N–H and O–H groups in total. The number of anilines is 1. The van der Waals surface area contributed by atoms with Gasteiger partial charge in [0.25, 0.3) is 0 Å². The number of nitriles is 2. The minimum atomic E-state index is -0.0302. The van der Waals surface area contributed by atoms with Gasteiger partial charge in [0, 0.05) is 11.9 Å². The van der Waals surface area contributed by atoms with Crippen molar-refractivity contribution in [3.63, 3.8) is 0 Å². The maximum atomic E-state index is 8.58. The smallest absolute Gasteiger partial charge is 0.145 e. The molecule has 1 aromatic carbocycles. The number of rotatable bonds is 3. The van der Waals surface area contributed by atoms with Crippen LogP contribution >= 0.6 is 34.8 Å². The first-order chi connectivity index (χ1) is 8.58. The zero-order chi connectivity index (χ0) is 13.5. The first-order valence-corrected chi connectivity index (χ1v) is 5.80. The van der Waals surface area contributed by atoms with Crippen molar-refractivity contribution in [2.45, 2.75) is 0 Å². The largest absolute Gasteiger partial charge is 0.360 e. The molecule has 0 radical (unpaired) electrons. The van der Waals surface area contributed by atoms with Crippen LogP contribution in [0.2, 0.25) is 0 Å². The van der Waals surface area contributed by atoms with Gasteiger partial charge in [-0.25, -0.2) is 0 Å². The van der Waals surface area contributed by atoms with E-state index in [9.17, 15) is 0 Å². The summed E-state index contributed by atoms with van der Waals surface area (Å²) in [6.45, 7) is 0. The normalized spacial score (nSPS) is 8.72. The van der Waals surface area contributed by atoms with E-state index in [-0.39, 0.29) is 15.1 Å². The van der Waals surface area contributed by atoms with E-state index in [1.165, 1.54) is 6.20 Å². The number of nitrogens with one attached hydrogen (secondary N) is 1. The molecule has 0 aliphatic carbocycles. The average Bonchev–Trinajstić information content (AvgIpc) is 2.39. The molecule has 0 saturated heterocycles. The Morgan fingerprint density at radius 3 is 2.39 bits per heavy atom. The van der Waals surface area contributed by atoms with Crippen LogP contribution in [0.4, 0.5) is 5.69 Å². The third-order valence-corrected chi connectivity index (χ3v) is 2.88. The van der Waals surface area contributed by atoms with Gasteiger partial charge in [0.2, 0.25) is 0 Å². The average molecular weight is 299 g/mol. The molecule has 6 heteroatoms. The highest BCUT2D eigenvalue weighted by Crippen LogP contribution is 2.29. The highest BCUT2D eigenvalue weighted by molar-refractivity contribution is 6.66. The highest BCUT2D eigenvalue weighted by Gasteiger charge is 2.03. The lowest BCUT2D eigenvalue weighted by atomic mass is 10.2. The van der Waals surface area contributed by atoms with Gasteiger partial charge in [0.15, 0.2) is 0 Å². The van der Waals surface area contributed by atoms with Crippen LogP contribution in [0.5, 0.6) is 0 Å². The quantitative estimate of drug-likeness (QED) is 0.843. The fourth-order valence-corrected chi connectivity index (χ4v) is 1.44. The summed E-state index contributed by atoms with van der Waals surface area (Å²) in [5.41, 5.74) is 1.26. The van der Waals surface area contributed by atoms with Crippen molar-refractivity contribution >= 4 is 45.5 Å². The Bertz CT molecular complexity index is 571. The number of benzene rings is 1. The standard InChI is InChI=1S/C12H6Cl3N3/c13-11(12(14)15)9-2-1-3-10(4-9)18-7-8(5-16)6-17/h1-4,7,18H. The Balaban J connectivity index is 2.99. The van der Waals surface area contributed by atoms with Crippen molar-refractivity contribution in [3.05, 3.63) is 46.1 Å². The zero-order valence-corrected chi connectivity index (χ0v) is 11.2. The van der Waals surface area contributed by atoms with E-state index in [2.05, 4.69) is 5.32 Å². The van der Waals surface area contributed by atoms with Crippen molar-refractivity contribution in [1.82, 2.24) is 0 Å². The zero-order valence-electron chi connectivity index (χ0n) is 8.92. The van der Waals surface area contributed by atoms with Crippen molar-refractivity contribution < 1.29 is 0 Å². The molecule has 0 heterocycles. The summed E-state index contributed by atoms with van der Waals surface area (Å²) in [5, 5.41) is 20.2. The molecular weight excluding hydrogens is 293 g/mol. The fraction of sp³-hybridized carbons (Fsp3) is 0. The van der Waals surface area contributed by atoms with E-state index >= 15 is 0 Å². The fourth-order valence-electron chi connectivity index (χ4n) is 1.10. The van der Waals surface area contributed by atoms with E-state index < -0.39 is 0 Å². The van der Waals surface area contributed by atoms with E-state index in [0.29, 0.717) is 11.3 Å². The molecule has 0 aromatic heterocycles. The SMILES string of the molecule is N#CC(C#N)=CNc1cccc(C(Cl)=C(Cl)Cl)c1. The Labute approximate surface area is 119 Å². The van der Waals surface area contributed by atoms with E-state index in [1.807, 2.05) is 0 Å². The monoisotopic (exact) mass is 297 g/mol. The third-order valence-electron chi connectivity index (χ3n) is 1.91. The predicted molar refractivity (Wildman–Crippen MR) is 73.9 cm³/mol. The lowest BCUT2D eigenvalue weighted by molar-refractivity contribution is 1.44. The topological polar surface area (TPSA) is 59.6 Å². The molecule has 0 aliphatic heterocycles. The molecular formula is C12H6Cl3N3. The highest BCUT2D eigenvalue weighted by atomic mass is 35.5. The minimum absolute atomic E-state index is 0.0286. The molecule has 0 saturated carbocycles. The van der Waals surface area contributed by atoms with Gasteiger partial charge in [-0.3, -0.25) is 0 Å². The second-order valence-corrected chi connectivity index (χ2v) is 4.41. The molecule has 1 aromatic rings. The van der Waals surface area contributed by atoms with Crippen LogP contribution in [-0.4, -0.2) is 0 Å². The van der Waals surface area contributed by atoms with Crippen LogP contribution < -0.4 is 5.32 Å². The second kappa shape index (κ2) is 6.93. The summed E-state index contributed by atoms with van der Waals surface area (Å²) in [4.78, 5) is 0. The molecule has 90 valence electrons. The van der Waals surface area contributed by atoms with Gasteiger partial charge >= 0.3 is 0 Å². The maximum Gasteiger partial charge on any atom is 0.145 e. The molecule has 0 atom stereocenters. The molecule has 1 rings (SSSR count). The number of allylic oxidation sites excluding steroid dienone is 1.